The van der Waals surface area contributed by atoms with Crippen molar-refractivity contribution in [3.63, 3.8) is 0 Å². The SMILES string of the molecule is C=C(C)NCC(=O)N(C)C(C)C. The van der Waals surface area contributed by atoms with E-state index < -0.39 is 0 Å². The molecular formula is C9H18N2O. The van der Waals surface area contributed by atoms with Crippen LogP contribution < -0.4 is 5.32 Å². The van der Waals surface area contributed by atoms with Gasteiger partial charge in [-0.3, -0.25) is 4.79 Å². The molecule has 0 saturated heterocycles. The fourth-order valence-corrected chi connectivity index (χ4v) is 0.639. The van der Waals surface area contributed by atoms with Gasteiger partial charge in [-0.05, 0) is 20.8 Å². The first-order valence-electron chi connectivity index (χ1n) is 4.10. The number of nitrogens with zero attached hydrogens (tertiary/aromatic N) is 1. The summed E-state index contributed by atoms with van der Waals surface area (Å²) in [5.74, 6) is 0.0907. The summed E-state index contributed by atoms with van der Waals surface area (Å²) < 4.78 is 0. The summed E-state index contributed by atoms with van der Waals surface area (Å²) in [7, 11) is 1.80. The quantitative estimate of drug-likeness (QED) is 0.682. The average Bonchev–Trinajstić information content (AvgIpc) is 1.98. The zero-order valence-corrected chi connectivity index (χ0v) is 8.35. The molecule has 70 valence electrons. The van der Waals surface area contributed by atoms with Gasteiger partial charge in [0.25, 0.3) is 0 Å². The minimum absolute atomic E-state index is 0.0907. The Morgan fingerprint density at radius 3 is 2.42 bits per heavy atom. The molecular weight excluding hydrogens is 152 g/mol. The summed E-state index contributed by atoms with van der Waals surface area (Å²) in [6, 6.07) is 0.254. The van der Waals surface area contributed by atoms with Gasteiger partial charge in [-0.25, -0.2) is 0 Å². The maximum absolute atomic E-state index is 11.3. The Kier molecular flexibility index (Phi) is 4.40. The van der Waals surface area contributed by atoms with Crippen molar-refractivity contribution in [1.82, 2.24) is 10.2 Å². The van der Waals surface area contributed by atoms with E-state index in [1.54, 1.807) is 11.9 Å². The summed E-state index contributed by atoms with van der Waals surface area (Å²) >= 11 is 0. The Morgan fingerprint density at radius 1 is 1.58 bits per heavy atom. The van der Waals surface area contributed by atoms with Crippen LogP contribution in [-0.4, -0.2) is 30.4 Å². The maximum atomic E-state index is 11.3. The third kappa shape index (κ3) is 4.01. The predicted octanol–water partition coefficient (Wildman–Crippen LogP) is 0.976. The van der Waals surface area contributed by atoms with Gasteiger partial charge < -0.3 is 10.2 Å². The highest BCUT2D eigenvalue weighted by molar-refractivity contribution is 5.78. The minimum atomic E-state index is 0.0907. The molecule has 0 aromatic heterocycles. The lowest BCUT2D eigenvalue weighted by Gasteiger charge is -2.21. The average molecular weight is 170 g/mol. The first kappa shape index (κ1) is 11.0. The van der Waals surface area contributed by atoms with E-state index in [1.165, 1.54) is 0 Å². The number of hydrogen-bond donors (Lipinski definition) is 1. The van der Waals surface area contributed by atoms with E-state index in [2.05, 4.69) is 11.9 Å². The Hall–Kier alpha value is -0.990. The van der Waals surface area contributed by atoms with E-state index in [0.717, 1.165) is 5.70 Å². The van der Waals surface area contributed by atoms with E-state index in [9.17, 15) is 4.79 Å². The van der Waals surface area contributed by atoms with Gasteiger partial charge in [0, 0.05) is 18.8 Å². The molecule has 3 heteroatoms. The van der Waals surface area contributed by atoms with E-state index in [1.807, 2.05) is 20.8 Å². The largest absolute Gasteiger partial charge is 0.380 e. The number of allylic oxidation sites excluding steroid dienone is 1. The van der Waals surface area contributed by atoms with Crippen LogP contribution in [-0.2, 0) is 4.79 Å². The molecule has 0 aliphatic heterocycles. The van der Waals surface area contributed by atoms with Gasteiger partial charge in [0.15, 0.2) is 0 Å². The summed E-state index contributed by atoms with van der Waals surface area (Å²) in [6.45, 7) is 9.79. The molecule has 0 saturated carbocycles. The first-order chi connectivity index (χ1) is 5.45. The topological polar surface area (TPSA) is 32.3 Å². The molecule has 0 unspecified atom stereocenters. The number of hydrogen-bond acceptors (Lipinski definition) is 2. The van der Waals surface area contributed by atoms with Crippen LogP contribution in [0.15, 0.2) is 12.3 Å². The molecule has 0 aromatic rings. The van der Waals surface area contributed by atoms with E-state index in [0.29, 0.717) is 6.54 Å². The second kappa shape index (κ2) is 4.80. The number of carbonyl (C=O) groups is 1. The highest BCUT2D eigenvalue weighted by atomic mass is 16.2. The van der Waals surface area contributed by atoms with Gasteiger partial charge in [0.1, 0.15) is 0 Å². The zero-order chi connectivity index (χ0) is 9.72. The van der Waals surface area contributed by atoms with Crippen LogP contribution in [0.4, 0.5) is 0 Å². The number of carbonyl (C=O) groups excluding carboxylic acids is 1. The molecule has 1 N–H and O–H groups in total. The van der Waals surface area contributed by atoms with Crippen molar-refractivity contribution in [3.8, 4) is 0 Å². The van der Waals surface area contributed by atoms with Crippen molar-refractivity contribution in [1.29, 1.82) is 0 Å². The van der Waals surface area contributed by atoms with E-state index in [4.69, 9.17) is 0 Å². The molecule has 0 fully saturated rings. The summed E-state index contributed by atoms with van der Waals surface area (Å²) in [6.07, 6.45) is 0. The summed E-state index contributed by atoms with van der Waals surface area (Å²) in [5.41, 5.74) is 0.820. The molecule has 1 amide bonds. The molecule has 0 aliphatic rings. The molecule has 0 rings (SSSR count). The smallest absolute Gasteiger partial charge is 0.241 e. The predicted molar refractivity (Wildman–Crippen MR) is 50.7 cm³/mol. The van der Waals surface area contributed by atoms with Crippen LogP contribution in [0.25, 0.3) is 0 Å². The van der Waals surface area contributed by atoms with Crippen molar-refractivity contribution >= 4 is 5.91 Å². The van der Waals surface area contributed by atoms with Crippen molar-refractivity contribution in [2.75, 3.05) is 13.6 Å². The molecule has 3 nitrogen and oxygen atoms in total. The van der Waals surface area contributed by atoms with E-state index in [-0.39, 0.29) is 11.9 Å². The van der Waals surface area contributed by atoms with Crippen LogP contribution in [0.2, 0.25) is 0 Å². The van der Waals surface area contributed by atoms with Crippen LogP contribution in [0.1, 0.15) is 20.8 Å². The fourth-order valence-electron chi connectivity index (χ4n) is 0.639. The van der Waals surface area contributed by atoms with Gasteiger partial charge >= 0.3 is 0 Å². The third-order valence-electron chi connectivity index (χ3n) is 1.71. The number of nitrogens with one attached hydrogen (secondary N) is 1. The second-order valence-corrected chi connectivity index (χ2v) is 3.23. The van der Waals surface area contributed by atoms with Crippen molar-refractivity contribution < 1.29 is 4.79 Å². The Balaban J connectivity index is 3.80. The molecule has 0 bridgehead atoms. The first-order valence-corrected chi connectivity index (χ1v) is 4.10. The molecule has 0 aromatic carbocycles. The van der Waals surface area contributed by atoms with Crippen LogP contribution in [0, 0.1) is 0 Å². The standard InChI is InChI=1S/C9H18N2O/c1-7(2)10-6-9(12)11(5)8(3)4/h8,10H,1,6H2,2-5H3. The fraction of sp³-hybridized carbons (Fsp3) is 0.667. The second-order valence-electron chi connectivity index (χ2n) is 3.23. The van der Waals surface area contributed by atoms with Crippen LogP contribution in [0.3, 0.4) is 0 Å². The highest BCUT2D eigenvalue weighted by Crippen LogP contribution is 1.93. The monoisotopic (exact) mass is 170 g/mol. The van der Waals surface area contributed by atoms with Crippen molar-refractivity contribution in [2.45, 2.75) is 26.8 Å². The number of likely N-dealkylation sites (N-methyl/N-ethyl adjacent to an activating group) is 1. The maximum Gasteiger partial charge on any atom is 0.241 e. The van der Waals surface area contributed by atoms with Gasteiger partial charge in [0.05, 0.1) is 6.54 Å². The molecule has 0 heterocycles. The molecule has 12 heavy (non-hydrogen) atoms. The van der Waals surface area contributed by atoms with Crippen LogP contribution >= 0.6 is 0 Å². The Morgan fingerprint density at radius 2 is 2.08 bits per heavy atom. The number of rotatable bonds is 4. The molecule has 0 aliphatic carbocycles. The van der Waals surface area contributed by atoms with Gasteiger partial charge in [-0.1, -0.05) is 6.58 Å². The molecule has 0 spiro atoms. The Bertz CT molecular complexity index is 175. The number of amides is 1. The summed E-state index contributed by atoms with van der Waals surface area (Å²) in [4.78, 5) is 13.0. The van der Waals surface area contributed by atoms with Gasteiger partial charge in [0.2, 0.25) is 5.91 Å². The van der Waals surface area contributed by atoms with Gasteiger partial charge in [-0.2, -0.15) is 0 Å². The molecule has 0 radical (unpaired) electrons. The lowest BCUT2D eigenvalue weighted by molar-refractivity contribution is -0.130. The Labute approximate surface area is 74.4 Å². The zero-order valence-electron chi connectivity index (χ0n) is 8.35. The van der Waals surface area contributed by atoms with E-state index >= 15 is 0 Å². The minimum Gasteiger partial charge on any atom is -0.380 e. The van der Waals surface area contributed by atoms with Crippen molar-refractivity contribution in [2.24, 2.45) is 0 Å². The highest BCUT2D eigenvalue weighted by Gasteiger charge is 2.10. The lowest BCUT2D eigenvalue weighted by Crippen LogP contribution is -2.38. The van der Waals surface area contributed by atoms with Gasteiger partial charge in [-0.15, -0.1) is 0 Å². The normalized spacial score (nSPS) is 9.75. The van der Waals surface area contributed by atoms with Crippen LogP contribution in [0.5, 0.6) is 0 Å². The third-order valence-corrected chi connectivity index (χ3v) is 1.71. The summed E-state index contributed by atoms with van der Waals surface area (Å²) in [5, 5.41) is 2.90. The lowest BCUT2D eigenvalue weighted by atomic mass is 10.3. The van der Waals surface area contributed by atoms with Crippen molar-refractivity contribution in [3.05, 3.63) is 12.3 Å². The molecule has 0 atom stereocenters.